The molecule has 2 N–H and O–H groups in total. The number of carbonyl (C=O) groups is 1. The standard InChI is InChI=1S/C24H24N6O/c1-24(2)15-27-21(24)14-26-23(31)17-8-10-25-20(12-17)18-13-28-30-11-9-19(29-22(18)30)16-6-4-3-5-7-16/h3-13,21,27H,14-15H2,1-2H3,(H,26,31). The Morgan fingerprint density at radius 1 is 1.19 bits per heavy atom. The minimum Gasteiger partial charge on any atom is -0.350 e. The van der Waals surface area contributed by atoms with Crippen LogP contribution in [0.4, 0.5) is 0 Å². The van der Waals surface area contributed by atoms with E-state index < -0.39 is 0 Å². The number of fused-ring (bicyclic) bond motifs is 1. The smallest absolute Gasteiger partial charge is 0.251 e. The monoisotopic (exact) mass is 412 g/mol. The topological polar surface area (TPSA) is 84.2 Å². The molecule has 1 aliphatic rings. The highest BCUT2D eigenvalue weighted by Crippen LogP contribution is 2.27. The van der Waals surface area contributed by atoms with Crippen LogP contribution in [0.5, 0.6) is 0 Å². The van der Waals surface area contributed by atoms with Crippen LogP contribution >= 0.6 is 0 Å². The second kappa shape index (κ2) is 7.59. The maximum absolute atomic E-state index is 12.7. The summed E-state index contributed by atoms with van der Waals surface area (Å²) in [6.07, 6.45) is 5.28. The molecule has 1 aliphatic heterocycles. The van der Waals surface area contributed by atoms with E-state index in [9.17, 15) is 4.79 Å². The molecule has 0 aliphatic carbocycles. The number of benzene rings is 1. The van der Waals surface area contributed by atoms with Gasteiger partial charge in [-0.05, 0) is 23.6 Å². The molecular weight excluding hydrogens is 388 g/mol. The Hall–Kier alpha value is -3.58. The van der Waals surface area contributed by atoms with Crippen molar-refractivity contribution < 1.29 is 4.79 Å². The first-order valence-electron chi connectivity index (χ1n) is 10.4. The second-order valence-electron chi connectivity index (χ2n) is 8.57. The van der Waals surface area contributed by atoms with Crippen LogP contribution in [0.15, 0.2) is 67.1 Å². The Balaban J connectivity index is 1.42. The molecule has 7 heteroatoms. The zero-order valence-electron chi connectivity index (χ0n) is 17.5. The lowest BCUT2D eigenvalue weighted by Crippen LogP contribution is -2.63. The minimum atomic E-state index is -0.109. The van der Waals surface area contributed by atoms with Gasteiger partial charge in [0.15, 0.2) is 5.65 Å². The van der Waals surface area contributed by atoms with Crippen molar-refractivity contribution in [1.82, 2.24) is 30.2 Å². The van der Waals surface area contributed by atoms with Crippen LogP contribution in [0, 0.1) is 5.41 Å². The number of rotatable bonds is 5. The summed E-state index contributed by atoms with van der Waals surface area (Å²) in [4.78, 5) is 22.0. The molecule has 3 aromatic heterocycles. The summed E-state index contributed by atoms with van der Waals surface area (Å²) in [6, 6.07) is 15.8. The Bertz CT molecular complexity index is 1250. The van der Waals surface area contributed by atoms with E-state index in [-0.39, 0.29) is 17.4 Å². The van der Waals surface area contributed by atoms with Crippen molar-refractivity contribution in [1.29, 1.82) is 0 Å². The number of amides is 1. The van der Waals surface area contributed by atoms with E-state index in [1.54, 1.807) is 29.0 Å². The quantitative estimate of drug-likeness (QED) is 0.526. The molecular formula is C24H24N6O. The van der Waals surface area contributed by atoms with E-state index in [0.717, 1.165) is 23.4 Å². The number of nitrogens with zero attached hydrogens (tertiary/aromatic N) is 4. The van der Waals surface area contributed by atoms with Crippen molar-refractivity contribution >= 4 is 11.6 Å². The molecule has 0 saturated carbocycles. The lowest BCUT2D eigenvalue weighted by atomic mass is 9.77. The Labute approximate surface area is 180 Å². The molecule has 1 fully saturated rings. The summed E-state index contributed by atoms with van der Waals surface area (Å²) in [6.45, 7) is 5.97. The molecule has 1 amide bonds. The number of pyridine rings is 1. The number of hydrogen-bond donors (Lipinski definition) is 2. The van der Waals surface area contributed by atoms with Gasteiger partial charge in [-0.2, -0.15) is 5.10 Å². The third kappa shape index (κ3) is 3.68. The van der Waals surface area contributed by atoms with Crippen LogP contribution in [0.1, 0.15) is 24.2 Å². The molecule has 7 nitrogen and oxygen atoms in total. The maximum atomic E-state index is 12.7. The highest BCUT2D eigenvalue weighted by atomic mass is 16.1. The van der Waals surface area contributed by atoms with Gasteiger partial charge in [-0.25, -0.2) is 9.50 Å². The van der Waals surface area contributed by atoms with Gasteiger partial charge >= 0.3 is 0 Å². The fourth-order valence-electron chi connectivity index (χ4n) is 3.84. The molecule has 31 heavy (non-hydrogen) atoms. The minimum absolute atomic E-state index is 0.109. The van der Waals surface area contributed by atoms with Crippen molar-refractivity contribution in [2.24, 2.45) is 5.41 Å². The second-order valence-corrected chi connectivity index (χ2v) is 8.57. The summed E-state index contributed by atoms with van der Waals surface area (Å²) in [5.41, 5.74) is 4.82. The zero-order valence-corrected chi connectivity index (χ0v) is 17.5. The lowest BCUT2D eigenvalue weighted by molar-refractivity contribution is 0.0888. The first kappa shape index (κ1) is 19.4. The van der Waals surface area contributed by atoms with Crippen molar-refractivity contribution in [3.8, 4) is 22.5 Å². The number of carbonyl (C=O) groups excluding carboxylic acids is 1. The largest absolute Gasteiger partial charge is 0.350 e. The van der Waals surface area contributed by atoms with Crippen molar-refractivity contribution in [2.45, 2.75) is 19.9 Å². The molecule has 1 saturated heterocycles. The van der Waals surface area contributed by atoms with E-state index in [1.165, 1.54) is 0 Å². The Morgan fingerprint density at radius 3 is 2.77 bits per heavy atom. The summed E-state index contributed by atoms with van der Waals surface area (Å²) in [5.74, 6) is -0.109. The summed E-state index contributed by atoms with van der Waals surface area (Å²) in [5, 5.41) is 10.8. The fourth-order valence-corrected chi connectivity index (χ4v) is 3.84. The zero-order chi connectivity index (χ0) is 21.4. The molecule has 0 radical (unpaired) electrons. The van der Waals surface area contributed by atoms with Crippen LogP contribution in [-0.2, 0) is 0 Å². The fraction of sp³-hybridized carbons (Fsp3) is 0.250. The third-order valence-corrected chi connectivity index (χ3v) is 5.95. The van der Waals surface area contributed by atoms with Gasteiger partial charge in [0.05, 0.1) is 23.1 Å². The third-order valence-electron chi connectivity index (χ3n) is 5.95. The van der Waals surface area contributed by atoms with Gasteiger partial charge in [0.25, 0.3) is 5.91 Å². The van der Waals surface area contributed by atoms with E-state index in [2.05, 4.69) is 34.6 Å². The summed E-state index contributed by atoms with van der Waals surface area (Å²) < 4.78 is 1.72. The molecule has 156 valence electrons. The molecule has 1 atom stereocenters. The molecule has 4 aromatic rings. The van der Waals surface area contributed by atoms with Gasteiger partial charge in [-0.3, -0.25) is 9.78 Å². The molecule has 1 unspecified atom stereocenters. The Kier molecular flexibility index (Phi) is 4.75. The Morgan fingerprint density at radius 2 is 2.03 bits per heavy atom. The average Bonchev–Trinajstić information content (AvgIpc) is 3.22. The van der Waals surface area contributed by atoms with Gasteiger partial charge in [-0.1, -0.05) is 44.2 Å². The molecule has 0 spiro atoms. The number of aromatic nitrogens is 4. The maximum Gasteiger partial charge on any atom is 0.251 e. The van der Waals surface area contributed by atoms with Crippen LogP contribution in [0.2, 0.25) is 0 Å². The number of nitrogens with one attached hydrogen (secondary N) is 2. The van der Waals surface area contributed by atoms with Crippen LogP contribution in [0.3, 0.4) is 0 Å². The molecule has 4 heterocycles. The average molecular weight is 412 g/mol. The molecule has 0 bridgehead atoms. The van der Waals surface area contributed by atoms with Crippen molar-refractivity contribution in [2.75, 3.05) is 13.1 Å². The lowest BCUT2D eigenvalue weighted by Gasteiger charge is -2.45. The van der Waals surface area contributed by atoms with Gasteiger partial charge in [0.2, 0.25) is 0 Å². The van der Waals surface area contributed by atoms with E-state index in [0.29, 0.717) is 23.4 Å². The molecule has 5 rings (SSSR count). The number of hydrogen-bond acceptors (Lipinski definition) is 5. The highest BCUT2D eigenvalue weighted by Gasteiger charge is 2.37. The predicted molar refractivity (Wildman–Crippen MR) is 120 cm³/mol. The van der Waals surface area contributed by atoms with E-state index in [1.807, 2.05) is 42.6 Å². The normalized spacial score (nSPS) is 17.3. The van der Waals surface area contributed by atoms with E-state index >= 15 is 0 Å². The predicted octanol–water partition coefficient (Wildman–Crippen LogP) is 3.19. The van der Waals surface area contributed by atoms with Crippen molar-refractivity contribution in [3.05, 3.63) is 72.7 Å². The van der Waals surface area contributed by atoms with Gasteiger partial charge in [0, 0.05) is 42.7 Å². The van der Waals surface area contributed by atoms with Gasteiger partial charge < -0.3 is 10.6 Å². The van der Waals surface area contributed by atoms with Gasteiger partial charge in [0.1, 0.15) is 0 Å². The molecule has 1 aromatic carbocycles. The summed E-state index contributed by atoms with van der Waals surface area (Å²) in [7, 11) is 0. The SMILES string of the molecule is CC1(C)CNC1CNC(=O)c1ccnc(-c2cnn3ccc(-c4ccccc4)nc23)c1. The van der Waals surface area contributed by atoms with Crippen molar-refractivity contribution in [3.63, 3.8) is 0 Å². The summed E-state index contributed by atoms with van der Waals surface area (Å²) >= 11 is 0. The highest BCUT2D eigenvalue weighted by molar-refractivity contribution is 5.95. The van der Waals surface area contributed by atoms with Crippen LogP contribution < -0.4 is 10.6 Å². The van der Waals surface area contributed by atoms with Crippen LogP contribution in [0.25, 0.3) is 28.2 Å². The first-order valence-corrected chi connectivity index (χ1v) is 10.4. The van der Waals surface area contributed by atoms with E-state index in [4.69, 9.17) is 4.98 Å². The first-order chi connectivity index (χ1) is 15.0. The van der Waals surface area contributed by atoms with Crippen LogP contribution in [-0.4, -0.2) is 44.6 Å². The van der Waals surface area contributed by atoms with Gasteiger partial charge in [-0.15, -0.1) is 0 Å².